The van der Waals surface area contributed by atoms with Gasteiger partial charge >= 0.3 is 7.60 Å². The predicted octanol–water partition coefficient (Wildman–Crippen LogP) is 5.29. The Morgan fingerprint density at radius 2 is 1.84 bits per heavy atom. The van der Waals surface area contributed by atoms with Crippen molar-refractivity contribution in [1.82, 2.24) is 0 Å². The van der Waals surface area contributed by atoms with Gasteiger partial charge in [-0.25, -0.2) is 0 Å². The van der Waals surface area contributed by atoms with Crippen LogP contribution in [0, 0.1) is 0 Å². The molecule has 0 saturated carbocycles. The SMILES string of the molecule is COP1(=O)Cc2ccc(OCc3ccccc3)c3cccc(c23)CO1. The topological polar surface area (TPSA) is 44.8 Å². The van der Waals surface area contributed by atoms with Crippen LogP contribution in [0.15, 0.2) is 60.7 Å². The summed E-state index contributed by atoms with van der Waals surface area (Å²) in [4.78, 5) is 0. The van der Waals surface area contributed by atoms with E-state index in [2.05, 4.69) is 0 Å². The molecule has 0 bridgehead atoms. The van der Waals surface area contributed by atoms with E-state index in [9.17, 15) is 4.57 Å². The number of ether oxygens (including phenoxy) is 1. The van der Waals surface area contributed by atoms with Crippen LogP contribution in [0.2, 0.25) is 0 Å². The summed E-state index contributed by atoms with van der Waals surface area (Å²) in [6.07, 6.45) is 0.274. The van der Waals surface area contributed by atoms with Crippen LogP contribution in [-0.4, -0.2) is 7.11 Å². The Labute approximate surface area is 146 Å². The summed E-state index contributed by atoms with van der Waals surface area (Å²) in [6, 6.07) is 20.0. The molecule has 1 heterocycles. The number of rotatable bonds is 4. The molecule has 0 fully saturated rings. The summed E-state index contributed by atoms with van der Waals surface area (Å²) in [5, 5.41) is 2.07. The molecule has 3 aromatic carbocycles. The van der Waals surface area contributed by atoms with Crippen LogP contribution in [0.3, 0.4) is 0 Å². The maximum absolute atomic E-state index is 12.7. The quantitative estimate of drug-likeness (QED) is 0.597. The average Bonchev–Trinajstić information content (AvgIpc) is 2.81. The largest absolute Gasteiger partial charge is 0.488 e. The summed E-state index contributed by atoms with van der Waals surface area (Å²) in [5.41, 5.74) is 3.10. The normalized spacial score (nSPS) is 19.6. The van der Waals surface area contributed by atoms with Crippen LogP contribution in [-0.2, 0) is 33.0 Å². The minimum absolute atomic E-state index is 0.274. The third-order valence-corrected chi connectivity index (χ3v) is 6.28. The van der Waals surface area contributed by atoms with Gasteiger partial charge in [0.15, 0.2) is 0 Å². The van der Waals surface area contributed by atoms with Crippen LogP contribution in [0.4, 0.5) is 0 Å². The van der Waals surface area contributed by atoms with E-state index in [4.69, 9.17) is 13.8 Å². The number of hydrogen-bond acceptors (Lipinski definition) is 4. The van der Waals surface area contributed by atoms with E-state index < -0.39 is 7.60 Å². The minimum atomic E-state index is -3.10. The van der Waals surface area contributed by atoms with E-state index in [-0.39, 0.29) is 12.8 Å². The van der Waals surface area contributed by atoms with Crippen molar-refractivity contribution in [2.24, 2.45) is 0 Å². The van der Waals surface area contributed by atoms with Gasteiger partial charge in [-0.05, 0) is 28.1 Å². The Kier molecular flexibility index (Phi) is 4.34. The molecule has 1 unspecified atom stereocenters. The molecule has 128 valence electrons. The fourth-order valence-corrected chi connectivity index (χ4v) is 4.53. The van der Waals surface area contributed by atoms with E-state index >= 15 is 0 Å². The Morgan fingerprint density at radius 1 is 1.00 bits per heavy atom. The van der Waals surface area contributed by atoms with Gasteiger partial charge in [0.1, 0.15) is 12.4 Å². The molecule has 1 aliphatic rings. The summed E-state index contributed by atoms with van der Waals surface area (Å²) in [6.45, 7) is 0.782. The van der Waals surface area contributed by atoms with Gasteiger partial charge in [0.25, 0.3) is 0 Å². The molecule has 5 heteroatoms. The van der Waals surface area contributed by atoms with Gasteiger partial charge in [0.2, 0.25) is 0 Å². The standard InChI is InChI=1S/C20H19O4P/c1-22-25(21)14-17-10-11-19(23-12-15-6-3-2-4-7-15)18-9-5-8-16(13-24-25)20(17)18/h2-11H,12-14H2,1H3. The fraction of sp³-hybridized carbons (Fsp3) is 0.200. The van der Waals surface area contributed by atoms with Crippen LogP contribution in [0.1, 0.15) is 16.7 Å². The lowest BCUT2D eigenvalue weighted by Gasteiger charge is -2.14. The highest BCUT2D eigenvalue weighted by Crippen LogP contribution is 2.54. The number of benzene rings is 3. The van der Waals surface area contributed by atoms with Crippen molar-refractivity contribution in [3.8, 4) is 5.75 Å². The summed E-state index contributed by atoms with van der Waals surface area (Å²) in [5.74, 6) is 0.818. The molecule has 0 spiro atoms. The molecule has 0 aliphatic carbocycles. The molecule has 1 aliphatic heterocycles. The minimum Gasteiger partial charge on any atom is -0.488 e. The summed E-state index contributed by atoms with van der Waals surface area (Å²) in [7, 11) is -1.66. The first-order valence-corrected chi connectivity index (χ1v) is 9.91. The maximum Gasteiger partial charge on any atom is 0.335 e. The van der Waals surface area contributed by atoms with Gasteiger partial charge in [-0.15, -0.1) is 0 Å². The third-order valence-electron chi connectivity index (χ3n) is 4.47. The van der Waals surface area contributed by atoms with Crippen molar-refractivity contribution in [3.05, 3.63) is 77.4 Å². The Balaban J connectivity index is 1.74. The van der Waals surface area contributed by atoms with Crippen LogP contribution >= 0.6 is 7.60 Å². The second-order valence-corrected chi connectivity index (χ2v) is 8.22. The third kappa shape index (κ3) is 3.21. The smallest absolute Gasteiger partial charge is 0.335 e. The van der Waals surface area contributed by atoms with E-state index in [1.807, 2.05) is 60.7 Å². The molecule has 3 aromatic rings. The molecule has 4 nitrogen and oxygen atoms in total. The van der Waals surface area contributed by atoms with Crippen molar-refractivity contribution < 1.29 is 18.3 Å². The zero-order chi connectivity index (χ0) is 17.3. The molecule has 0 saturated heterocycles. The zero-order valence-corrected chi connectivity index (χ0v) is 14.9. The lowest BCUT2D eigenvalue weighted by Crippen LogP contribution is -1.97. The first-order chi connectivity index (χ1) is 12.2. The molecule has 0 N–H and O–H groups in total. The average molecular weight is 354 g/mol. The molecule has 1 atom stereocenters. The molecule has 0 radical (unpaired) electrons. The number of hydrogen-bond donors (Lipinski definition) is 0. The fourth-order valence-electron chi connectivity index (χ4n) is 3.19. The second-order valence-electron chi connectivity index (χ2n) is 6.06. The van der Waals surface area contributed by atoms with E-state index in [1.54, 1.807) is 0 Å². The predicted molar refractivity (Wildman–Crippen MR) is 97.8 cm³/mol. The van der Waals surface area contributed by atoms with Gasteiger partial charge in [-0.2, -0.15) is 0 Å². The Hall–Kier alpha value is -2.13. The Bertz CT molecular complexity index is 953. The second kappa shape index (κ2) is 6.64. The van der Waals surface area contributed by atoms with Crippen LogP contribution in [0.5, 0.6) is 5.75 Å². The first-order valence-electron chi connectivity index (χ1n) is 8.18. The lowest BCUT2D eigenvalue weighted by atomic mass is 9.99. The molecule has 0 aromatic heterocycles. The van der Waals surface area contributed by atoms with Crippen molar-refractivity contribution in [1.29, 1.82) is 0 Å². The van der Waals surface area contributed by atoms with Crippen molar-refractivity contribution in [2.45, 2.75) is 19.4 Å². The van der Waals surface area contributed by atoms with Crippen molar-refractivity contribution >= 4 is 18.4 Å². The van der Waals surface area contributed by atoms with Crippen molar-refractivity contribution in [2.75, 3.05) is 7.11 Å². The van der Waals surface area contributed by atoms with Gasteiger partial charge < -0.3 is 13.8 Å². The van der Waals surface area contributed by atoms with Crippen molar-refractivity contribution in [3.63, 3.8) is 0 Å². The van der Waals surface area contributed by atoms with Gasteiger partial charge in [0, 0.05) is 12.5 Å². The van der Waals surface area contributed by atoms with E-state index in [0.29, 0.717) is 6.61 Å². The molecular formula is C20H19O4P. The van der Waals surface area contributed by atoms with Gasteiger partial charge in [0.05, 0.1) is 12.8 Å². The highest BCUT2D eigenvalue weighted by molar-refractivity contribution is 7.53. The van der Waals surface area contributed by atoms with Gasteiger partial charge in [-0.1, -0.05) is 54.6 Å². The molecule has 4 rings (SSSR count). The van der Waals surface area contributed by atoms with E-state index in [1.165, 1.54) is 7.11 Å². The first kappa shape index (κ1) is 16.3. The van der Waals surface area contributed by atoms with E-state index in [0.717, 1.165) is 33.2 Å². The monoisotopic (exact) mass is 354 g/mol. The zero-order valence-electron chi connectivity index (χ0n) is 14.0. The summed E-state index contributed by atoms with van der Waals surface area (Å²) < 4.78 is 29.4. The van der Waals surface area contributed by atoms with Crippen LogP contribution < -0.4 is 4.74 Å². The van der Waals surface area contributed by atoms with Crippen LogP contribution in [0.25, 0.3) is 10.8 Å². The summed E-state index contributed by atoms with van der Waals surface area (Å²) >= 11 is 0. The molecule has 25 heavy (non-hydrogen) atoms. The molecule has 0 amide bonds. The van der Waals surface area contributed by atoms with Gasteiger partial charge in [-0.3, -0.25) is 4.57 Å². The lowest BCUT2D eigenvalue weighted by molar-refractivity contribution is 0.227. The highest BCUT2D eigenvalue weighted by Gasteiger charge is 2.29. The Morgan fingerprint density at radius 3 is 2.64 bits per heavy atom. The molecular weight excluding hydrogens is 335 g/mol. The maximum atomic E-state index is 12.7. The highest BCUT2D eigenvalue weighted by atomic mass is 31.2.